The Bertz CT molecular complexity index is 571. The van der Waals surface area contributed by atoms with Crippen LogP contribution in [0.25, 0.3) is 11.2 Å². The summed E-state index contributed by atoms with van der Waals surface area (Å²) in [6.45, 7) is 4.26. The molecule has 5 heteroatoms. The highest BCUT2D eigenvalue weighted by Crippen LogP contribution is 2.40. The summed E-state index contributed by atoms with van der Waals surface area (Å²) in [6.07, 6.45) is 4.89. The van der Waals surface area contributed by atoms with Crippen LogP contribution in [0, 0.1) is 6.92 Å². The minimum absolute atomic E-state index is 0.110. The minimum atomic E-state index is 0.110. The van der Waals surface area contributed by atoms with Crippen molar-refractivity contribution in [2.75, 3.05) is 5.73 Å². The zero-order chi connectivity index (χ0) is 12.2. The van der Waals surface area contributed by atoms with E-state index in [-0.39, 0.29) is 5.54 Å². The molecule has 1 fully saturated rings. The smallest absolute Gasteiger partial charge is 0.203 e. The molecule has 1 saturated carbocycles. The van der Waals surface area contributed by atoms with Crippen LogP contribution in [0.2, 0.25) is 0 Å². The Kier molecular flexibility index (Phi) is 2.03. The predicted octanol–water partition coefficient (Wildman–Crippen LogP) is 1.95. The van der Waals surface area contributed by atoms with Crippen molar-refractivity contribution in [1.82, 2.24) is 19.3 Å². The van der Waals surface area contributed by atoms with Crippen LogP contribution in [0.15, 0.2) is 0 Å². The lowest BCUT2D eigenvalue weighted by atomic mass is 10.0. The molecule has 0 bridgehead atoms. The monoisotopic (exact) mass is 233 g/mol. The Morgan fingerprint density at radius 1 is 1.29 bits per heavy atom. The van der Waals surface area contributed by atoms with E-state index in [4.69, 9.17) is 5.73 Å². The first kappa shape index (κ1) is 10.6. The fourth-order valence-corrected chi connectivity index (χ4v) is 3.18. The van der Waals surface area contributed by atoms with Crippen molar-refractivity contribution in [3.8, 4) is 0 Å². The Morgan fingerprint density at radius 2 is 1.94 bits per heavy atom. The number of imidazole rings is 1. The fourth-order valence-electron chi connectivity index (χ4n) is 3.18. The van der Waals surface area contributed by atoms with Gasteiger partial charge in [-0.05, 0) is 26.7 Å². The number of anilines is 1. The number of nitrogens with two attached hydrogens (primary N) is 1. The Labute approximate surface area is 101 Å². The van der Waals surface area contributed by atoms with Gasteiger partial charge < -0.3 is 5.73 Å². The standard InChI is InChI=1S/C12H19N5/c1-8-9-10(16(3)15-8)17(11(13)14-9)12(2)6-4-5-7-12/h4-7H2,1-3H3,(H2,13,14). The molecule has 92 valence electrons. The third-order valence-electron chi connectivity index (χ3n) is 4.05. The number of nitrogens with zero attached hydrogens (tertiary/aromatic N) is 4. The van der Waals surface area contributed by atoms with E-state index < -0.39 is 0 Å². The van der Waals surface area contributed by atoms with Crippen LogP contribution in [0.4, 0.5) is 5.95 Å². The van der Waals surface area contributed by atoms with Gasteiger partial charge in [-0.2, -0.15) is 5.10 Å². The van der Waals surface area contributed by atoms with E-state index in [9.17, 15) is 0 Å². The van der Waals surface area contributed by atoms with Gasteiger partial charge >= 0.3 is 0 Å². The molecule has 1 aliphatic rings. The summed E-state index contributed by atoms with van der Waals surface area (Å²) in [6, 6.07) is 0. The maximum Gasteiger partial charge on any atom is 0.203 e. The lowest BCUT2D eigenvalue weighted by Crippen LogP contribution is -2.28. The van der Waals surface area contributed by atoms with Crippen molar-refractivity contribution in [3.63, 3.8) is 0 Å². The molecule has 0 saturated heterocycles. The summed E-state index contributed by atoms with van der Waals surface area (Å²) >= 11 is 0. The van der Waals surface area contributed by atoms with Crippen LogP contribution >= 0.6 is 0 Å². The number of rotatable bonds is 1. The summed E-state index contributed by atoms with van der Waals surface area (Å²) in [5, 5.41) is 4.43. The second kappa shape index (κ2) is 3.24. The molecule has 0 radical (unpaired) electrons. The highest BCUT2D eigenvalue weighted by atomic mass is 15.4. The number of hydrogen-bond acceptors (Lipinski definition) is 3. The van der Waals surface area contributed by atoms with E-state index in [1.54, 1.807) is 0 Å². The van der Waals surface area contributed by atoms with E-state index >= 15 is 0 Å². The van der Waals surface area contributed by atoms with Gasteiger partial charge in [0.2, 0.25) is 5.95 Å². The van der Waals surface area contributed by atoms with Crippen molar-refractivity contribution in [1.29, 1.82) is 0 Å². The third-order valence-corrected chi connectivity index (χ3v) is 4.05. The van der Waals surface area contributed by atoms with Crippen LogP contribution in [-0.2, 0) is 12.6 Å². The van der Waals surface area contributed by atoms with E-state index in [1.165, 1.54) is 25.7 Å². The van der Waals surface area contributed by atoms with E-state index in [1.807, 2.05) is 18.7 Å². The molecule has 5 nitrogen and oxygen atoms in total. The Balaban J connectivity index is 2.31. The quantitative estimate of drug-likeness (QED) is 0.819. The van der Waals surface area contributed by atoms with E-state index in [2.05, 4.69) is 21.6 Å². The van der Waals surface area contributed by atoms with Gasteiger partial charge in [-0.25, -0.2) is 4.98 Å². The van der Waals surface area contributed by atoms with Crippen LogP contribution in [0.5, 0.6) is 0 Å². The number of hydrogen-bond donors (Lipinski definition) is 1. The first-order chi connectivity index (χ1) is 8.03. The molecular formula is C12H19N5. The van der Waals surface area contributed by atoms with Crippen molar-refractivity contribution in [2.24, 2.45) is 7.05 Å². The molecule has 2 heterocycles. The molecule has 2 aromatic heterocycles. The average Bonchev–Trinajstić information content (AvgIpc) is 2.88. The largest absolute Gasteiger partial charge is 0.369 e. The second-order valence-corrected chi connectivity index (χ2v) is 5.39. The van der Waals surface area contributed by atoms with Gasteiger partial charge in [0.1, 0.15) is 5.52 Å². The highest BCUT2D eigenvalue weighted by Gasteiger charge is 2.34. The first-order valence-corrected chi connectivity index (χ1v) is 6.21. The van der Waals surface area contributed by atoms with Gasteiger partial charge in [0.05, 0.1) is 5.69 Å². The zero-order valence-corrected chi connectivity index (χ0v) is 10.7. The average molecular weight is 233 g/mol. The van der Waals surface area contributed by atoms with Gasteiger partial charge in [-0.1, -0.05) is 12.8 Å². The lowest BCUT2D eigenvalue weighted by Gasteiger charge is -2.27. The minimum Gasteiger partial charge on any atom is -0.369 e. The van der Waals surface area contributed by atoms with Gasteiger partial charge in [0.25, 0.3) is 0 Å². The molecule has 0 atom stereocenters. The molecule has 17 heavy (non-hydrogen) atoms. The van der Waals surface area contributed by atoms with Crippen molar-refractivity contribution >= 4 is 17.1 Å². The third kappa shape index (κ3) is 1.31. The van der Waals surface area contributed by atoms with Crippen molar-refractivity contribution in [3.05, 3.63) is 5.69 Å². The van der Waals surface area contributed by atoms with Crippen LogP contribution in [-0.4, -0.2) is 19.3 Å². The molecule has 0 amide bonds. The van der Waals surface area contributed by atoms with Gasteiger partial charge in [-0.3, -0.25) is 9.25 Å². The number of fused-ring (bicyclic) bond motifs is 1. The molecule has 0 aromatic carbocycles. The molecular weight excluding hydrogens is 214 g/mol. The Morgan fingerprint density at radius 3 is 2.59 bits per heavy atom. The lowest BCUT2D eigenvalue weighted by molar-refractivity contribution is 0.339. The maximum absolute atomic E-state index is 6.11. The van der Waals surface area contributed by atoms with Crippen LogP contribution in [0.3, 0.4) is 0 Å². The fraction of sp³-hybridized carbons (Fsp3) is 0.667. The van der Waals surface area contributed by atoms with Gasteiger partial charge in [0, 0.05) is 12.6 Å². The molecule has 2 N–H and O–H groups in total. The predicted molar refractivity (Wildman–Crippen MR) is 67.8 cm³/mol. The number of aromatic nitrogens is 4. The molecule has 0 spiro atoms. The number of aryl methyl sites for hydroxylation is 2. The molecule has 0 aliphatic heterocycles. The Hall–Kier alpha value is -1.52. The summed E-state index contributed by atoms with van der Waals surface area (Å²) in [7, 11) is 1.96. The first-order valence-electron chi connectivity index (χ1n) is 6.21. The molecule has 1 aliphatic carbocycles. The van der Waals surface area contributed by atoms with E-state index in [0.29, 0.717) is 5.95 Å². The normalized spacial score (nSPS) is 19.2. The second-order valence-electron chi connectivity index (χ2n) is 5.39. The summed E-state index contributed by atoms with van der Waals surface area (Å²) in [5.41, 5.74) is 9.18. The van der Waals surface area contributed by atoms with Crippen molar-refractivity contribution < 1.29 is 0 Å². The summed E-state index contributed by atoms with van der Waals surface area (Å²) in [4.78, 5) is 4.48. The topological polar surface area (TPSA) is 61.7 Å². The summed E-state index contributed by atoms with van der Waals surface area (Å²) < 4.78 is 4.09. The van der Waals surface area contributed by atoms with Crippen molar-refractivity contribution in [2.45, 2.75) is 45.1 Å². The van der Waals surface area contributed by atoms with E-state index in [0.717, 1.165) is 16.9 Å². The summed E-state index contributed by atoms with van der Waals surface area (Å²) in [5.74, 6) is 0.625. The van der Waals surface area contributed by atoms with Gasteiger partial charge in [-0.15, -0.1) is 0 Å². The van der Waals surface area contributed by atoms with Crippen LogP contribution < -0.4 is 5.73 Å². The number of nitrogen functional groups attached to an aromatic ring is 1. The maximum atomic E-state index is 6.11. The molecule has 2 aromatic rings. The van der Waals surface area contributed by atoms with Crippen LogP contribution in [0.1, 0.15) is 38.3 Å². The highest BCUT2D eigenvalue weighted by molar-refractivity contribution is 5.78. The molecule has 3 rings (SSSR count). The zero-order valence-electron chi connectivity index (χ0n) is 10.7. The SMILES string of the molecule is Cc1nn(C)c2c1nc(N)n2C1(C)CCCC1. The molecule has 0 unspecified atom stereocenters. The van der Waals surface area contributed by atoms with Gasteiger partial charge in [0.15, 0.2) is 5.65 Å².